The number of ether oxygens (including phenoxy) is 2. The van der Waals surface area contributed by atoms with Crippen LogP contribution < -0.4 is 20.0 Å². The van der Waals surface area contributed by atoms with Gasteiger partial charge in [-0.1, -0.05) is 24.3 Å². The van der Waals surface area contributed by atoms with E-state index in [1.807, 2.05) is 36.4 Å². The van der Waals surface area contributed by atoms with Crippen molar-refractivity contribution in [1.29, 1.82) is 0 Å². The summed E-state index contributed by atoms with van der Waals surface area (Å²) in [5.41, 5.74) is 5.54. The molecule has 0 aliphatic carbocycles. The van der Waals surface area contributed by atoms with Crippen LogP contribution in [0.5, 0.6) is 11.5 Å². The largest absolute Gasteiger partial charge is 0.497 e. The molecule has 0 atom stereocenters. The van der Waals surface area contributed by atoms with E-state index in [1.165, 1.54) is 16.4 Å². The van der Waals surface area contributed by atoms with Crippen LogP contribution in [0.1, 0.15) is 12.0 Å². The standard InChI is InChI=1S/C25H20N2O2/c1-28-19-8-3-16(4-9-19)18-7-13-24-22(15-18)21-12-14-23(26-25(21)27-24)17-5-10-20(29-2)11-6-17/h3-11,13-15H,12H2,1-2H3. The second-order valence-corrected chi connectivity index (χ2v) is 7.01. The quantitative estimate of drug-likeness (QED) is 0.687. The fraction of sp³-hybridized carbons (Fsp3) is 0.120. The van der Waals surface area contributed by atoms with Crippen molar-refractivity contribution in [3.8, 4) is 22.6 Å². The summed E-state index contributed by atoms with van der Waals surface area (Å²) in [7, 11) is 3.35. The molecule has 2 aliphatic rings. The number of aliphatic imine (C=N–C) groups is 1. The van der Waals surface area contributed by atoms with E-state index < -0.39 is 0 Å². The molecule has 0 saturated carbocycles. The number of allylic oxidation sites excluding steroid dienone is 1. The molecule has 3 aromatic rings. The van der Waals surface area contributed by atoms with Gasteiger partial charge >= 0.3 is 0 Å². The van der Waals surface area contributed by atoms with Gasteiger partial charge in [0.15, 0.2) is 5.84 Å². The highest BCUT2D eigenvalue weighted by molar-refractivity contribution is 6.22. The number of nitrogens with zero attached hydrogens (tertiary/aromatic N) is 2. The first kappa shape index (κ1) is 17.4. The topological polar surface area (TPSA) is 43.2 Å². The summed E-state index contributed by atoms with van der Waals surface area (Å²) in [6, 6.07) is 22.5. The summed E-state index contributed by atoms with van der Waals surface area (Å²) >= 11 is 0. The first-order valence-electron chi connectivity index (χ1n) is 9.55. The second-order valence-electron chi connectivity index (χ2n) is 7.01. The van der Waals surface area contributed by atoms with Crippen molar-refractivity contribution in [2.24, 2.45) is 9.98 Å². The SMILES string of the molecule is COc1ccc(C2=CCC3=c4cc(-c5ccc(OC)cc5)ccc4=NC3=N2)cc1. The first-order chi connectivity index (χ1) is 14.2. The average Bonchev–Trinajstić information content (AvgIpc) is 3.16. The Morgan fingerprint density at radius 3 is 1.97 bits per heavy atom. The fourth-order valence-corrected chi connectivity index (χ4v) is 3.74. The van der Waals surface area contributed by atoms with Crippen LogP contribution in [-0.4, -0.2) is 20.1 Å². The maximum absolute atomic E-state index is 5.26. The molecule has 29 heavy (non-hydrogen) atoms. The summed E-state index contributed by atoms with van der Waals surface area (Å²) in [4.78, 5) is 9.60. The van der Waals surface area contributed by atoms with Crippen molar-refractivity contribution in [2.45, 2.75) is 6.42 Å². The number of benzene rings is 3. The summed E-state index contributed by atoms with van der Waals surface area (Å²) in [5.74, 6) is 2.52. The molecular formula is C25H20N2O2. The van der Waals surface area contributed by atoms with E-state index in [9.17, 15) is 0 Å². The Morgan fingerprint density at radius 2 is 1.31 bits per heavy atom. The predicted octanol–water partition coefficient (Wildman–Crippen LogP) is 4.00. The molecule has 0 radical (unpaired) electrons. The highest BCUT2D eigenvalue weighted by Crippen LogP contribution is 2.28. The third-order valence-corrected chi connectivity index (χ3v) is 5.35. The molecule has 2 heterocycles. The van der Waals surface area contributed by atoms with Gasteiger partial charge in [0.05, 0.1) is 25.3 Å². The third-order valence-electron chi connectivity index (χ3n) is 5.35. The van der Waals surface area contributed by atoms with E-state index in [0.717, 1.165) is 45.9 Å². The monoisotopic (exact) mass is 380 g/mol. The van der Waals surface area contributed by atoms with Gasteiger partial charge in [0, 0.05) is 16.4 Å². The van der Waals surface area contributed by atoms with Crippen LogP contribution in [0.4, 0.5) is 0 Å². The Hall–Kier alpha value is -3.66. The molecule has 0 saturated heterocycles. The van der Waals surface area contributed by atoms with Crippen molar-refractivity contribution in [1.82, 2.24) is 0 Å². The lowest BCUT2D eigenvalue weighted by atomic mass is 10.00. The molecule has 0 N–H and O–H groups in total. The van der Waals surface area contributed by atoms with Crippen LogP contribution in [0.3, 0.4) is 0 Å². The first-order valence-corrected chi connectivity index (χ1v) is 9.55. The molecule has 4 heteroatoms. The maximum Gasteiger partial charge on any atom is 0.157 e. The summed E-state index contributed by atoms with van der Waals surface area (Å²) in [6.07, 6.45) is 2.99. The maximum atomic E-state index is 5.26. The zero-order valence-corrected chi connectivity index (χ0v) is 16.3. The molecule has 0 unspecified atom stereocenters. The number of amidine groups is 1. The molecule has 0 bridgehead atoms. The van der Waals surface area contributed by atoms with Crippen molar-refractivity contribution in [3.63, 3.8) is 0 Å². The van der Waals surface area contributed by atoms with Crippen LogP contribution in [0.25, 0.3) is 22.4 Å². The number of hydrogen-bond acceptors (Lipinski definition) is 4. The minimum atomic E-state index is 0.820. The lowest BCUT2D eigenvalue weighted by molar-refractivity contribution is 0.414. The normalized spacial score (nSPS) is 14.3. The Morgan fingerprint density at radius 1 is 0.690 bits per heavy atom. The Labute approximate surface area is 169 Å². The van der Waals surface area contributed by atoms with Crippen LogP contribution >= 0.6 is 0 Å². The summed E-state index contributed by atoms with van der Waals surface area (Å²) in [5, 5.41) is 2.16. The summed E-state index contributed by atoms with van der Waals surface area (Å²) in [6.45, 7) is 0. The molecule has 0 fully saturated rings. The molecule has 5 rings (SSSR count). The van der Waals surface area contributed by atoms with Gasteiger partial charge in [-0.25, -0.2) is 9.98 Å². The van der Waals surface area contributed by atoms with Crippen LogP contribution in [0, 0.1) is 0 Å². The van der Waals surface area contributed by atoms with E-state index in [2.05, 4.69) is 36.4 Å². The van der Waals surface area contributed by atoms with E-state index in [4.69, 9.17) is 19.5 Å². The van der Waals surface area contributed by atoms with Gasteiger partial charge < -0.3 is 9.47 Å². The van der Waals surface area contributed by atoms with E-state index in [-0.39, 0.29) is 0 Å². The average molecular weight is 380 g/mol. The second kappa shape index (κ2) is 7.06. The van der Waals surface area contributed by atoms with Crippen LogP contribution in [-0.2, 0) is 0 Å². The highest BCUT2D eigenvalue weighted by atomic mass is 16.5. The van der Waals surface area contributed by atoms with Crippen LogP contribution in [0.2, 0.25) is 0 Å². The fourth-order valence-electron chi connectivity index (χ4n) is 3.74. The van der Waals surface area contributed by atoms with Crippen molar-refractivity contribution < 1.29 is 9.47 Å². The van der Waals surface area contributed by atoms with E-state index >= 15 is 0 Å². The number of hydrogen-bond donors (Lipinski definition) is 0. The molecule has 0 spiro atoms. The van der Waals surface area contributed by atoms with Crippen molar-refractivity contribution in [3.05, 3.63) is 88.9 Å². The number of rotatable bonds is 4. The molecule has 2 aliphatic heterocycles. The Balaban J connectivity index is 1.51. The van der Waals surface area contributed by atoms with Crippen LogP contribution in [0.15, 0.2) is 82.8 Å². The van der Waals surface area contributed by atoms with Gasteiger partial charge in [-0.2, -0.15) is 0 Å². The molecular weight excluding hydrogens is 360 g/mol. The Bertz CT molecular complexity index is 1270. The van der Waals surface area contributed by atoms with Gasteiger partial charge in [0.25, 0.3) is 0 Å². The van der Waals surface area contributed by atoms with Gasteiger partial charge in [-0.05, 0) is 66.1 Å². The predicted molar refractivity (Wildman–Crippen MR) is 116 cm³/mol. The van der Waals surface area contributed by atoms with Gasteiger partial charge in [-0.15, -0.1) is 0 Å². The van der Waals surface area contributed by atoms with Crippen molar-refractivity contribution in [2.75, 3.05) is 14.2 Å². The molecule has 4 nitrogen and oxygen atoms in total. The Kier molecular flexibility index (Phi) is 4.24. The van der Waals surface area contributed by atoms with Gasteiger partial charge in [0.2, 0.25) is 0 Å². The molecule has 0 amide bonds. The van der Waals surface area contributed by atoms with E-state index in [1.54, 1.807) is 14.2 Å². The minimum Gasteiger partial charge on any atom is -0.497 e. The van der Waals surface area contributed by atoms with E-state index in [0.29, 0.717) is 0 Å². The molecule has 142 valence electrons. The van der Waals surface area contributed by atoms with Crippen molar-refractivity contribution >= 4 is 17.1 Å². The number of fused-ring (bicyclic) bond motifs is 2. The third kappa shape index (κ3) is 3.13. The summed E-state index contributed by atoms with van der Waals surface area (Å²) < 4.78 is 10.5. The number of methoxy groups -OCH3 is 2. The zero-order chi connectivity index (χ0) is 19.8. The smallest absolute Gasteiger partial charge is 0.157 e. The van der Waals surface area contributed by atoms with Gasteiger partial charge in [-0.3, -0.25) is 0 Å². The van der Waals surface area contributed by atoms with Gasteiger partial charge in [0.1, 0.15) is 11.5 Å². The lowest BCUT2D eigenvalue weighted by Gasteiger charge is -2.11. The lowest BCUT2D eigenvalue weighted by Crippen LogP contribution is -2.23. The molecule has 3 aromatic carbocycles. The molecule has 0 aromatic heterocycles. The minimum absolute atomic E-state index is 0.820. The highest BCUT2D eigenvalue weighted by Gasteiger charge is 2.19. The zero-order valence-electron chi connectivity index (χ0n) is 16.3.